The molecule has 0 heterocycles. The summed E-state index contributed by atoms with van der Waals surface area (Å²) >= 11 is -1.75. The lowest BCUT2D eigenvalue weighted by atomic mass is 10.2. The van der Waals surface area contributed by atoms with Gasteiger partial charge in [0.05, 0.1) is 4.90 Å². The van der Waals surface area contributed by atoms with Gasteiger partial charge in [-0.25, -0.2) is 9.20 Å². The van der Waals surface area contributed by atoms with Gasteiger partial charge in [-0.2, -0.15) is 0 Å². The zero-order chi connectivity index (χ0) is 18.9. The highest BCUT2D eigenvalue weighted by molar-refractivity contribution is 7.80. The lowest BCUT2D eigenvalue weighted by Crippen LogP contribution is -2.08. The predicted molar refractivity (Wildman–Crippen MR) is 102 cm³/mol. The number of hydrogen-bond donors (Lipinski definition) is 0. The second-order valence-corrected chi connectivity index (χ2v) is 6.88. The zero-order valence-corrected chi connectivity index (χ0v) is 16.1. The summed E-state index contributed by atoms with van der Waals surface area (Å²) in [5.74, 6) is 0. The number of benzene rings is 2. The Bertz CT molecular complexity index is 799. The van der Waals surface area contributed by atoms with Crippen molar-refractivity contribution in [1.82, 2.24) is 0 Å². The zero-order valence-electron chi connectivity index (χ0n) is 15.3. The van der Waals surface area contributed by atoms with E-state index in [-0.39, 0.29) is 0 Å². The average Bonchev–Trinajstić information content (AvgIpc) is 2.63. The molecule has 2 aromatic carbocycles. The molecule has 138 valence electrons. The van der Waals surface area contributed by atoms with Crippen molar-refractivity contribution >= 4 is 22.5 Å². The third kappa shape index (κ3) is 6.42. The Morgan fingerprint density at radius 1 is 0.885 bits per heavy atom. The first kappa shape index (κ1) is 19.8. The fourth-order valence-electron chi connectivity index (χ4n) is 1.81. The van der Waals surface area contributed by atoms with E-state index < -0.39 is 11.1 Å². The van der Waals surface area contributed by atoms with Gasteiger partial charge in [0.25, 0.3) is 0 Å². The van der Waals surface area contributed by atoms with Gasteiger partial charge in [0.2, 0.25) is 11.1 Å². The smallest absolute Gasteiger partial charge is 0.234 e. The molecule has 0 N–H and O–H groups in total. The van der Waals surface area contributed by atoms with Crippen molar-refractivity contribution in [1.29, 1.82) is 0 Å². The van der Waals surface area contributed by atoms with Crippen molar-refractivity contribution in [2.75, 3.05) is 0 Å². The third-order valence-corrected chi connectivity index (χ3v) is 4.40. The predicted octanol–water partition coefficient (Wildman–Crippen LogP) is 4.24. The van der Waals surface area contributed by atoms with Crippen LogP contribution in [0, 0.1) is 13.8 Å². The van der Waals surface area contributed by atoms with E-state index in [1.54, 1.807) is 26.0 Å². The van der Waals surface area contributed by atoms with E-state index in [1.165, 1.54) is 5.56 Å². The summed E-state index contributed by atoms with van der Waals surface area (Å²) < 4.78 is 16.7. The minimum Gasteiger partial charge on any atom is -0.391 e. The van der Waals surface area contributed by atoms with E-state index in [0.29, 0.717) is 22.9 Å². The highest BCUT2D eigenvalue weighted by Gasteiger charge is 2.06. The van der Waals surface area contributed by atoms with Crippen LogP contribution >= 0.6 is 0 Å². The third-order valence-electron chi connectivity index (χ3n) is 3.56. The minimum absolute atomic E-state index is 0.361. The fourth-order valence-corrected chi connectivity index (χ4v) is 2.33. The maximum Gasteiger partial charge on any atom is 0.234 e. The molecule has 1 unspecified atom stereocenters. The molecule has 0 fully saturated rings. The van der Waals surface area contributed by atoms with Crippen LogP contribution in [0.2, 0.25) is 0 Å². The summed E-state index contributed by atoms with van der Waals surface area (Å²) in [5.41, 5.74) is 4.26. The molecule has 0 spiro atoms. The summed E-state index contributed by atoms with van der Waals surface area (Å²) in [4.78, 5) is 10.5. The van der Waals surface area contributed by atoms with Crippen LogP contribution in [-0.2, 0) is 31.8 Å². The number of aryl methyl sites for hydroxylation is 2. The summed E-state index contributed by atoms with van der Waals surface area (Å²) in [6.07, 6.45) is 0. The first-order valence-electron chi connectivity index (χ1n) is 8.05. The van der Waals surface area contributed by atoms with Crippen LogP contribution in [0.15, 0.2) is 63.7 Å². The summed E-state index contributed by atoms with van der Waals surface area (Å²) in [6, 6.07) is 15.1. The molecule has 6 nitrogen and oxygen atoms in total. The van der Waals surface area contributed by atoms with Gasteiger partial charge in [-0.1, -0.05) is 57.0 Å². The Morgan fingerprint density at radius 2 is 1.42 bits per heavy atom. The Labute approximate surface area is 156 Å². The lowest BCUT2D eigenvalue weighted by molar-refractivity contribution is -0.196. The first-order chi connectivity index (χ1) is 12.5. The number of hydrogen-bond acceptors (Lipinski definition) is 6. The van der Waals surface area contributed by atoms with Crippen molar-refractivity contribution in [3.05, 3.63) is 65.2 Å². The highest BCUT2D eigenvalue weighted by atomic mass is 32.2. The summed E-state index contributed by atoms with van der Waals surface area (Å²) in [6.45, 7) is 7.75. The maximum absolute atomic E-state index is 11.9. The molecule has 0 aliphatic heterocycles. The normalized spacial score (nSPS) is 13.4. The van der Waals surface area contributed by atoms with Crippen LogP contribution in [0.3, 0.4) is 0 Å². The molecule has 1 atom stereocenters. The van der Waals surface area contributed by atoms with Gasteiger partial charge >= 0.3 is 0 Å². The molecule has 0 aromatic heterocycles. The molecule has 26 heavy (non-hydrogen) atoms. The van der Waals surface area contributed by atoms with Crippen molar-refractivity contribution in [3.8, 4) is 0 Å². The van der Waals surface area contributed by atoms with E-state index in [0.717, 1.165) is 11.1 Å². The van der Waals surface area contributed by atoms with Crippen molar-refractivity contribution in [2.45, 2.75) is 39.2 Å². The topological polar surface area (TPSA) is 69.5 Å². The number of nitrogens with zero attached hydrogens (tertiary/aromatic N) is 2. The van der Waals surface area contributed by atoms with E-state index in [9.17, 15) is 4.21 Å². The maximum atomic E-state index is 11.9. The van der Waals surface area contributed by atoms with Crippen LogP contribution < -0.4 is 0 Å². The largest absolute Gasteiger partial charge is 0.391 e. The molecule has 0 amide bonds. The van der Waals surface area contributed by atoms with Gasteiger partial charge in [0, 0.05) is 0 Å². The van der Waals surface area contributed by atoms with Crippen LogP contribution in [0.1, 0.15) is 30.5 Å². The Balaban J connectivity index is 1.80. The molecule has 0 bridgehead atoms. The van der Waals surface area contributed by atoms with Gasteiger partial charge < -0.3 is 4.84 Å². The van der Waals surface area contributed by atoms with Crippen molar-refractivity contribution in [3.63, 3.8) is 0 Å². The van der Waals surface area contributed by atoms with Gasteiger partial charge in [0.15, 0.2) is 0 Å². The monoisotopic (exact) mass is 374 g/mol. The van der Waals surface area contributed by atoms with Crippen LogP contribution in [0.5, 0.6) is 0 Å². The van der Waals surface area contributed by atoms with Crippen LogP contribution in [0.4, 0.5) is 0 Å². The fraction of sp³-hybridized carbons (Fsp3) is 0.263. The highest BCUT2D eigenvalue weighted by Crippen LogP contribution is 2.10. The molecule has 2 aromatic rings. The molecule has 0 saturated carbocycles. The number of rotatable bonds is 8. The van der Waals surface area contributed by atoms with Crippen LogP contribution in [-0.4, -0.2) is 15.6 Å². The second-order valence-electron chi connectivity index (χ2n) is 5.80. The molecule has 0 aliphatic rings. The Morgan fingerprint density at radius 3 is 2.04 bits per heavy atom. The average molecular weight is 374 g/mol. The van der Waals surface area contributed by atoms with Gasteiger partial charge in [0.1, 0.15) is 18.0 Å². The van der Waals surface area contributed by atoms with Crippen molar-refractivity contribution in [2.24, 2.45) is 10.3 Å². The van der Waals surface area contributed by atoms with Crippen LogP contribution in [0.25, 0.3) is 0 Å². The van der Waals surface area contributed by atoms with E-state index in [4.69, 9.17) is 14.2 Å². The molecule has 7 heteroatoms. The molecule has 0 aliphatic carbocycles. The van der Waals surface area contributed by atoms with E-state index >= 15 is 0 Å². The molecular weight excluding hydrogens is 352 g/mol. The minimum atomic E-state index is -1.75. The lowest BCUT2D eigenvalue weighted by Gasteiger charge is -2.03. The van der Waals surface area contributed by atoms with Gasteiger partial charge in [-0.15, -0.1) is 0 Å². The van der Waals surface area contributed by atoms with E-state index in [2.05, 4.69) is 10.3 Å². The standard InChI is InChI=1S/C19H22N2O4S/c1-14-5-9-18(10-6-14)13-23-20-16(3)17(4)21-24-25-26(22)19-11-7-15(2)8-12-19/h5-12H,13H2,1-4H3/b20-16+,21-17+. The molecule has 2 rings (SSSR count). The first-order valence-corrected chi connectivity index (χ1v) is 9.13. The summed E-state index contributed by atoms with van der Waals surface area (Å²) in [7, 11) is 0. The van der Waals surface area contributed by atoms with E-state index in [1.807, 2.05) is 50.2 Å². The van der Waals surface area contributed by atoms with Gasteiger partial charge in [-0.3, -0.25) is 0 Å². The SMILES string of the molecule is CC(=N\OCc1ccc(C)cc1)/C(C)=N/OOS(=O)c1ccc(C)cc1. The molecule has 0 saturated heterocycles. The Kier molecular flexibility index (Phi) is 7.50. The number of oxime groups is 2. The second kappa shape index (κ2) is 9.84. The summed E-state index contributed by atoms with van der Waals surface area (Å²) in [5, 5.41) is 7.72. The Hall–Kier alpha value is -2.51. The van der Waals surface area contributed by atoms with Gasteiger partial charge in [-0.05, 0) is 50.5 Å². The quantitative estimate of drug-likeness (QED) is 0.394. The molecule has 0 radical (unpaired) electrons. The molecular formula is C19H22N2O4S. The van der Waals surface area contributed by atoms with Crippen molar-refractivity contribution < 1.29 is 18.4 Å².